The molecule has 11 heavy (non-hydrogen) atoms. The van der Waals surface area contributed by atoms with Crippen molar-refractivity contribution in [1.29, 1.82) is 0 Å². The summed E-state index contributed by atoms with van der Waals surface area (Å²) in [5, 5.41) is 5.39. The maximum Gasteiger partial charge on any atom is 0.0734 e. The second kappa shape index (κ2) is 2.71. The molecular formula is C7H15N4-. The molecule has 0 aromatic carbocycles. The normalized spacial score (nSPS) is 44.7. The van der Waals surface area contributed by atoms with Crippen molar-refractivity contribution in [3.05, 3.63) is 5.43 Å². The molecule has 4 nitrogen and oxygen atoms in total. The molecule has 0 bridgehead atoms. The smallest absolute Gasteiger partial charge is 0.0734 e. The summed E-state index contributed by atoms with van der Waals surface area (Å²) in [6, 6.07) is 0.663. The molecule has 4 heteroatoms. The lowest BCUT2D eigenvalue weighted by Crippen LogP contribution is -2.42. The van der Waals surface area contributed by atoms with E-state index < -0.39 is 0 Å². The lowest BCUT2D eigenvalue weighted by molar-refractivity contribution is 0.281. The summed E-state index contributed by atoms with van der Waals surface area (Å²) in [4.78, 5) is 0. The van der Waals surface area contributed by atoms with Crippen LogP contribution < -0.4 is 10.7 Å². The van der Waals surface area contributed by atoms with Crippen molar-refractivity contribution in [1.82, 2.24) is 15.9 Å². The SMILES string of the molecule is C[N-]N1CC2CC(C)NC2N1. The van der Waals surface area contributed by atoms with Crippen LogP contribution in [0.2, 0.25) is 0 Å². The van der Waals surface area contributed by atoms with Gasteiger partial charge in [0.1, 0.15) is 0 Å². The lowest BCUT2D eigenvalue weighted by Gasteiger charge is -2.30. The Morgan fingerprint density at radius 1 is 1.55 bits per heavy atom. The number of fused-ring (bicyclic) bond motifs is 1. The maximum absolute atomic E-state index is 4.08. The first-order valence-corrected chi connectivity index (χ1v) is 4.19. The van der Waals surface area contributed by atoms with Gasteiger partial charge < -0.3 is 10.5 Å². The van der Waals surface area contributed by atoms with Gasteiger partial charge in [-0.05, 0) is 19.9 Å². The van der Waals surface area contributed by atoms with E-state index in [1.807, 2.05) is 12.2 Å². The van der Waals surface area contributed by atoms with Crippen LogP contribution in [-0.4, -0.2) is 30.9 Å². The van der Waals surface area contributed by atoms with Gasteiger partial charge in [0.15, 0.2) is 0 Å². The van der Waals surface area contributed by atoms with E-state index in [4.69, 9.17) is 0 Å². The Morgan fingerprint density at radius 2 is 2.36 bits per heavy atom. The zero-order valence-corrected chi connectivity index (χ0v) is 7.04. The van der Waals surface area contributed by atoms with Crippen molar-refractivity contribution in [2.75, 3.05) is 13.6 Å². The van der Waals surface area contributed by atoms with Crippen LogP contribution >= 0.6 is 0 Å². The number of hydrogen-bond donors (Lipinski definition) is 2. The van der Waals surface area contributed by atoms with E-state index in [0.29, 0.717) is 12.2 Å². The minimum atomic E-state index is 0.466. The van der Waals surface area contributed by atoms with Crippen LogP contribution in [0.4, 0.5) is 0 Å². The largest absolute Gasteiger partial charge is 0.582 e. The van der Waals surface area contributed by atoms with Gasteiger partial charge in [-0.25, -0.2) is 0 Å². The van der Waals surface area contributed by atoms with Crippen molar-refractivity contribution in [2.45, 2.75) is 25.6 Å². The van der Waals surface area contributed by atoms with Gasteiger partial charge in [-0.15, -0.1) is 0 Å². The van der Waals surface area contributed by atoms with Crippen LogP contribution in [0.1, 0.15) is 13.3 Å². The fourth-order valence-corrected chi connectivity index (χ4v) is 2.00. The van der Waals surface area contributed by atoms with Crippen LogP contribution in [0.25, 0.3) is 5.43 Å². The molecule has 2 heterocycles. The first-order valence-electron chi connectivity index (χ1n) is 4.19. The molecule has 0 spiro atoms. The fourth-order valence-electron chi connectivity index (χ4n) is 2.00. The summed E-state index contributed by atoms with van der Waals surface area (Å²) < 4.78 is 0. The molecule has 0 saturated carbocycles. The van der Waals surface area contributed by atoms with Crippen LogP contribution in [0.5, 0.6) is 0 Å². The van der Waals surface area contributed by atoms with Crippen molar-refractivity contribution in [2.24, 2.45) is 5.92 Å². The van der Waals surface area contributed by atoms with Gasteiger partial charge in [0.25, 0.3) is 0 Å². The Kier molecular flexibility index (Phi) is 1.85. The summed E-state index contributed by atoms with van der Waals surface area (Å²) in [5.74, 6) is 0.744. The summed E-state index contributed by atoms with van der Waals surface area (Å²) in [6.07, 6.45) is 1.73. The summed E-state index contributed by atoms with van der Waals surface area (Å²) >= 11 is 0. The molecule has 2 aliphatic rings. The van der Waals surface area contributed by atoms with Crippen molar-refractivity contribution < 1.29 is 0 Å². The Bertz CT molecular complexity index is 135. The summed E-state index contributed by atoms with van der Waals surface area (Å²) in [5.41, 5.74) is 7.37. The molecule has 2 rings (SSSR count). The second-order valence-electron chi connectivity index (χ2n) is 3.45. The van der Waals surface area contributed by atoms with Crippen molar-refractivity contribution in [3.63, 3.8) is 0 Å². The van der Waals surface area contributed by atoms with Gasteiger partial charge >= 0.3 is 0 Å². The Balaban J connectivity index is 1.93. The average Bonchev–Trinajstić information content (AvgIpc) is 2.43. The third-order valence-electron chi connectivity index (χ3n) is 2.53. The summed E-state index contributed by atoms with van der Waals surface area (Å²) in [6.45, 7) is 3.28. The highest BCUT2D eigenvalue weighted by atomic mass is 15.8. The van der Waals surface area contributed by atoms with Gasteiger partial charge in [-0.2, -0.15) is 7.05 Å². The van der Waals surface area contributed by atoms with E-state index in [1.165, 1.54) is 6.42 Å². The molecule has 2 saturated heterocycles. The standard InChI is InChI=1S/C7H15N4/c1-5-3-6-4-11(8-2)10-7(6)9-5/h5-7,9-10H,3-4H2,1-2H3/q-1. The summed E-state index contributed by atoms with van der Waals surface area (Å²) in [7, 11) is 1.82. The van der Waals surface area contributed by atoms with Crippen LogP contribution in [-0.2, 0) is 0 Å². The highest BCUT2D eigenvalue weighted by Crippen LogP contribution is 2.25. The molecule has 3 atom stereocenters. The van der Waals surface area contributed by atoms with Crippen molar-refractivity contribution in [3.8, 4) is 0 Å². The molecule has 2 N–H and O–H groups in total. The van der Waals surface area contributed by atoms with E-state index in [9.17, 15) is 0 Å². The first kappa shape index (κ1) is 7.49. The molecule has 0 radical (unpaired) electrons. The van der Waals surface area contributed by atoms with Gasteiger partial charge in [0, 0.05) is 12.0 Å². The van der Waals surface area contributed by atoms with E-state index in [0.717, 1.165) is 12.5 Å². The lowest BCUT2D eigenvalue weighted by atomic mass is 10.1. The number of nitrogens with zero attached hydrogens (tertiary/aromatic N) is 2. The molecule has 64 valence electrons. The molecule has 3 unspecified atom stereocenters. The zero-order chi connectivity index (χ0) is 7.84. The molecule has 0 aliphatic carbocycles. The third kappa shape index (κ3) is 1.27. The molecule has 0 aromatic heterocycles. The zero-order valence-electron chi connectivity index (χ0n) is 7.04. The van der Waals surface area contributed by atoms with Crippen LogP contribution in [0, 0.1) is 5.92 Å². The number of hydrogen-bond acceptors (Lipinski definition) is 3. The highest BCUT2D eigenvalue weighted by Gasteiger charge is 2.35. The molecule has 2 fully saturated rings. The van der Waals surface area contributed by atoms with Gasteiger partial charge in [0.05, 0.1) is 6.17 Å². The minimum absolute atomic E-state index is 0.466. The van der Waals surface area contributed by atoms with Gasteiger partial charge in [0.2, 0.25) is 0 Å². The van der Waals surface area contributed by atoms with Gasteiger partial charge in [-0.3, -0.25) is 10.7 Å². The first-order chi connectivity index (χ1) is 5.29. The molecule has 0 amide bonds. The van der Waals surface area contributed by atoms with E-state index >= 15 is 0 Å². The van der Waals surface area contributed by atoms with Crippen LogP contribution in [0.15, 0.2) is 0 Å². The minimum Gasteiger partial charge on any atom is -0.582 e. The maximum atomic E-state index is 4.08. The Morgan fingerprint density at radius 3 is 3.00 bits per heavy atom. The Labute approximate surface area is 67.3 Å². The predicted octanol–water partition coefficient (Wildman–Crippen LogP) is 0.0492. The van der Waals surface area contributed by atoms with E-state index in [2.05, 4.69) is 23.1 Å². The second-order valence-corrected chi connectivity index (χ2v) is 3.45. The number of rotatable bonds is 1. The molecule has 2 aliphatic heterocycles. The van der Waals surface area contributed by atoms with Crippen molar-refractivity contribution >= 4 is 0 Å². The number of nitrogens with one attached hydrogen (secondary N) is 2. The van der Waals surface area contributed by atoms with E-state index in [1.54, 1.807) is 0 Å². The Hall–Kier alpha value is -0.160. The molecule has 0 aromatic rings. The average molecular weight is 155 g/mol. The predicted molar refractivity (Wildman–Crippen MR) is 43.6 cm³/mol. The van der Waals surface area contributed by atoms with Crippen LogP contribution in [0.3, 0.4) is 0 Å². The molecular weight excluding hydrogens is 140 g/mol. The van der Waals surface area contributed by atoms with Gasteiger partial charge in [-0.1, -0.05) is 0 Å². The highest BCUT2D eigenvalue weighted by molar-refractivity contribution is 4.93. The monoisotopic (exact) mass is 155 g/mol. The number of hydrazine groups is 1. The third-order valence-corrected chi connectivity index (χ3v) is 2.53. The van der Waals surface area contributed by atoms with E-state index in [-0.39, 0.29) is 0 Å². The fraction of sp³-hybridized carbons (Fsp3) is 1.00. The topological polar surface area (TPSA) is 41.4 Å². The quantitative estimate of drug-likeness (QED) is 0.562.